The molecule has 17 heavy (non-hydrogen) atoms. The number of aryl methyl sites for hydroxylation is 1. The lowest BCUT2D eigenvalue weighted by molar-refractivity contribution is 0.101. The van der Waals surface area contributed by atoms with Crippen LogP contribution >= 0.6 is 15.9 Å². The van der Waals surface area contributed by atoms with Crippen LogP contribution in [0.15, 0.2) is 47.1 Å². The number of amides is 1. The van der Waals surface area contributed by atoms with Crippen LogP contribution in [0.2, 0.25) is 0 Å². The Hall–Kier alpha value is -1.55. The van der Waals surface area contributed by atoms with Gasteiger partial charge in [0.2, 0.25) is 0 Å². The van der Waals surface area contributed by atoms with Gasteiger partial charge in [0.25, 0.3) is 5.91 Å². The van der Waals surface area contributed by atoms with E-state index in [-0.39, 0.29) is 5.91 Å². The van der Waals surface area contributed by atoms with Gasteiger partial charge in [-0.15, -0.1) is 0 Å². The molecule has 3 nitrogen and oxygen atoms in total. The molecule has 2 aromatic rings. The second kappa shape index (κ2) is 5.19. The lowest BCUT2D eigenvalue weighted by Gasteiger charge is -2.08. The van der Waals surface area contributed by atoms with Crippen LogP contribution in [0.3, 0.4) is 0 Å². The Kier molecular flexibility index (Phi) is 3.64. The molecule has 0 spiro atoms. The number of carbonyl (C=O) groups excluding carboxylic acids is 1. The van der Waals surface area contributed by atoms with Crippen LogP contribution in [0.25, 0.3) is 0 Å². The summed E-state index contributed by atoms with van der Waals surface area (Å²) in [6, 6.07) is 11.2. The van der Waals surface area contributed by atoms with Crippen LogP contribution in [0.4, 0.5) is 5.69 Å². The first kappa shape index (κ1) is 11.9. The molecular formula is C13H13BrN2O. The molecule has 0 bridgehead atoms. The van der Waals surface area contributed by atoms with E-state index in [9.17, 15) is 4.79 Å². The van der Waals surface area contributed by atoms with E-state index in [0.29, 0.717) is 5.69 Å². The molecule has 0 fully saturated rings. The number of carbonyl (C=O) groups is 1. The van der Waals surface area contributed by atoms with Gasteiger partial charge in [-0.1, -0.05) is 22.0 Å². The maximum absolute atomic E-state index is 12.0. The number of benzene rings is 1. The molecule has 0 unspecified atom stereocenters. The summed E-state index contributed by atoms with van der Waals surface area (Å²) in [4.78, 5) is 12.0. The molecule has 2 rings (SSSR count). The molecule has 0 aliphatic heterocycles. The van der Waals surface area contributed by atoms with E-state index >= 15 is 0 Å². The quantitative estimate of drug-likeness (QED) is 0.923. The van der Waals surface area contributed by atoms with Crippen molar-refractivity contribution in [3.63, 3.8) is 0 Å². The number of rotatable bonds is 3. The molecule has 0 atom stereocenters. The highest BCUT2D eigenvalue weighted by Gasteiger charge is 2.09. The fourth-order valence-corrected chi connectivity index (χ4v) is 2.06. The number of nitrogens with one attached hydrogen (secondary N) is 1. The first-order chi connectivity index (χ1) is 8.20. The molecule has 1 amide bonds. The molecule has 0 aliphatic rings. The molecule has 0 saturated heterocycles. The second-order valence-corrected chi connectivity index (χ2v) is 4.56. The van der Waals surface area contributed by atoms with Crippen LogP contribution in [-0.2, 0) is 6.54 Å². The Balaban J connectivity index is 2.17. The lowest BCUT2D eigenvalue weighted by atomic mass is 10.3. The van der Waals surface area contributed by atoms with E-state index in [2.05, 4.69) is 21.2 Å². The summed E-state index contributed by atoms with van der Waals surface area (Å²) >= 11 is 3.37. The van der Waals surface area contributed by atoms with Crippen molar-refractivity contribution in [1.29, 1.82) is 0 Å². The van der Waals surface area contributed by atoms with Crippen molar-refractivity contribution < 1.29 is 4.79 Å². The summed E-state index contributed by atoms with van der Waals surface area (Å²) in [7, 11) is 0. The van der Waals surface area contributed by atoms with E-state index in [1.54, 1.807) is 0 Å². The number of aromatic nitrogens is 1. The molecule has 1 aromatic heterocycles. The summed E-state index contributed by atoms with van der Waals surface area (Å²) in [5.41, 5.74) is 1.46. The molecule has 1 N–H and O–H groups in total. The van der Waals surface area contributed by atoms with Crippen molar-refractivity contribution >= 4 is 27.5 Å². The third kappa shape index (κ3) is 2.77. The summed E-state index contributed by atoms with van der Waals surface area (Å²) in [6.07, 6.45) is 1.90. The van der Waals surface area contributed by atoms with Crippen molar-refractivity contribution in [2.24, 2.45) is 0 Å². The smallest absolute Gasteiger partial charge is 0.272 e. The lowest BCUT2D eigenvalue weighted by Crippen LogP contribution is -2.16. The summed E-state index contributed by atoms with van der Waals surface area (Å²) < 4.78 is 2.86. The zero-order valence-electron chi connectivity index (χ0n) is 9.48. The highest BCUT2D eigenvalue weighted by molar-refractivity contribution is 9.10. The maximum atomic E-state index is 12.0. The predicted molar refractivity (Wildman–Crippen MR) is 72.2 cm³/mol. The predicted octanol–water partition coefficient (Wildman–Crippen LogP) is 3.52. The number of hydrogen-bond acceptors (Lipinski definition) is 1. The molecule has 0 aliphatic carbocycles. The number of anilines is 1. The van der Waals surface area contributed by atoms with Gasteiger partial charge in [-0.2, -0.15) is 0 Å². The van der Waals surface area contributed by atoms with Gasteiger partial charge in [-0.25, -0.2) is 0 Å². The van der Waals surface area contributed by atoms with Crippen molar-refractivity contribution in [3.8, 4) is 0 Å². The molecule has 1 heterocycles. The van der Waals surface area contributed by atoms with E-state index in [0.717, 1.165) is 16.7 Å². The van der Waals surface area contributed by atoms with Crippen LogP contribution < -0.4 is 5.32 Å². The second-order valence-electron chi connectivity index (χ2n) is 3.64. The Bertz CT molecular complexity index is 534. The molecule has 4 heteroatoms. The first-order valence-corrected chi connectivity index (χ1v) is 6.22. The summed E-state index contributed by atoms with van der Waals surface area (Å²) in [5.74, 6) is -0.0880. The fourth-order valence-electron chi connectivity index (χ4n) is 1.66. The van der Waals surface area contributed by atoms with Gasteiger partial charge >= 0.3 is 0 Å². The molecule has 88 valence electrons. The third-order valence-corrected chi connectivity index (χ3v) is 2.98. The zero-order valence-corrected chi connectivity index (χ0v) is 11.1. The van der Waals surface area contributed by atoms with Crippen LogP contribution in [-0.4, -0.2) is 10.5 Å². The van der Waals surface area contributed by atoms with E-state index in [4.69, 9.17) is 0 Å². The van der Waals surface area contributed by atoms with Gasteiger partial charge in [-0.3, -0.25) is 4.79 Å². The van der Waals surface area contributed by atoms with Gasteiger partial charge in [0, 0.05) is 22.9 Å². The van der Waals surface area contributed by atoms with Gasteiger partial charge in [0.05, 0.1) is 0 Å². The highest BCUT2D eigenvalue weighted by atomic mass is 79.9. The van der Waals surface area contributed by atoms with Gasteiger partial charge in [-0.05, 0) is 37.3 Å². The fraction of sp³-hybridized carbons (Fsp3) is 0.154. The third-order valence-electron chi connectivity index (χ3n) is 2.49. The molecular weight excluding hydrogens is 280 g/mol. The Morgan fingerprint density at radius 3 is 2.88 bits per heavy atom. The topological polar surface area (TPSA) is 34.0 Å². The molecule has 1 aromatic carbocycles. The molecule has 0 saturated carbocycles. The van der Waals surface area contributed by atoms with Crippen molar-refractivity contribution in [3.05, 3.63) is 52.8 Å². The minimum Gasteiger partial charge on any atom is -0.344 e. The van der Waals surface area contributed by atoms with Crippen LogP contribution in [0.1, 0.15) is 17.4 Å². The van der Waals surface area contributed by atoms with Gasteiger partial charge < -0.3 is 9.88 Å². The number of nitrogens with zero attached hydrogens (tertiary/aromatic N) is 1. The summed E-state index contributed by atoms with van der Waals surface area (Å²) in [6.45, 7) is 2.80. The van der Waals surface area contributed by atoms with E-state index in [1.807, 2.05) is 54.1 Å². The van der Waals surface area contributed by atoms with Gasteiger partial charge in [0.15, 0.2) is 0 Å². The Morgan fingerprint density at radius 2 is 2.18 bits per heavy atom. The molecule has 0 radical (unpaired) electrons. The van der Waals surface area contributed by atoms with Crippen LogP contribution in [0, 0.1) is 0 Å². The van der Waals surface area contributed by atoms with Crippen LogP contribution in [0.5, 0.6) is 0 Å². The van der Waals surface area contributed by atoms with E-state index in [1.165, 1.54) is 0 Å². The number of hydrogen-bond donors (Lipinski definition) is 1. The van der Waals surface area contributed by atoms with Crippen molar-refractivity contribution in [1.82, 2.24) is 4.57 Å². The standard InChI is InChI=1S/C13H13BrN2O/c1-2-16-8-4-7-12(16)13(17)15-11-6-3-5-10(14)9-11/h3-9H,2H2,1H3,(H,15,17). The maximum Gasteiger partial charge on any atom is 0.272 e. The first-order valence-electron chi connectivity index (χ1n) is 5.42. The SMILES string of the molecule is CCn1cccc1C(=O)Nc1cccc(Br)c1. The van der Waals surface area contributed by atoms with Crippen molar-refractivity contribution in [2.75, 3.05) is 5.32 Å². The normalized spacial score (nSPS) is 10.2. The number of halogens is 1. The van der Waals surface area contributed by atoms with E-state index < -0.39 is 0 Å². The average molecular weight is 293 g/mol. The largest absolute Gasteiger partial charge is 0.344 e. The minimum absolute atomic E-state index is 0.0880. The summed E-state index contributed by atoms with van der Waals surface area (Å²) in [5, 5.41) is 2.87. The zero-order chi connectivity index (χ0) is 12.3. The van der Waals surface area contributed by atoms with Crippen molar-refractivity contribution in [2.45, 2.75) is 13.5 Å². The minimum atomic E-state index is -0.0880. The Morgan fingerprint density at radius 1 is 1.35 bits per heavy atom. The Labute approximate surface area is 109 Å². The average Bonchev–Trinajstić information content (AvgIpc) is 2.77. The monoisotopic (exact) mass is 292 g/mol. The highest BCUT2D eigenvalue weighted by Crippen LogP contribution is 2.16. The van der Waals surface area contributed by atoms with Gasteiger partial charge in [0.1, 0.15) is 5.69 Å².